The van der Waals surface area contributed by atoms with Crippen molar-refractivity contribution in [3.8, 4) is 5.75 Å². The fraction of sp³-hybridized carbons (Fsp3) is 0.440. The van der Waals surface area contributed by atoms with Crippen LogP contribution in [0.25, 0.3) is 0 Å². The molecule has 186 valence electrons. The van der Waals surface area contributed by atoms with Gasteiger partial charge in [-0.05, 0) is 70.0 Å². The maximum Gasteiger partial charge on any atom is 0.244 e. The van der Waals surface area contributed by atoms with Crippen molar-refractivity contribution in [1.29, 1.82) is 0 Å². The normalized spacial score (nSPS) is 12.6. The highest BCUT2D eigenvalue weighted by molar-refractivity contribution is 7.92. The van der Waals surface area contributed by atoms with Crippen LogP contribution in [0.3, 0.4) is 0 Å². The number of nitrogens with zero attached hydrogens (tertiary/aromatic N) is 2. The van der Waals surface area contributed by atoms with Crippen LogP contribution in [0, 0.1) is 6.92 Å². The predicted octanol–water partition coefficient (Wildman–Crippen LogP) is 3.10. The number of ether oxygens (including phenoxy) is 1. The van der Waals surface area contributed by atoms with E-state index in [1.807, 2.05) is 39.8 Å². The highest BCUT2D eigenvalue weighted by Crippen LogP contribution is 2.21. The minimum Gasteiger partial charge on any atom is -0.497 e. The maximum absolute atomic E-state index is 13.5. The van der Waals surface area contributed by atoms with Gasteiger partial charge in [0.25, 0.3) is 0 Å². The highest BCUT2D eigenvalue weighted by Gasteiger charge is 2.31. The van der Waals surface area contributed by atoms with Crippen LogP contribution >= 0.6 is 0 Å². The van der Waals surface area contributed by atoms with Crippen LogP contribution in [0.4, 0.5) is 5.69 Å². The number of anilines is 1. The number of rotatable bonds is 9. The van der Waals surface area contributed by atoms with E-state index in [9.17, 15) is 18.0 Å². The monoisotopic (exact) mass is 489 g/mol. The number of hydrogen-bond acceptors (Lipinski definition) is 5. The van der Waals surface area contributed by atoms with Crippen molar-refractivity contribution in [1.82, 2.24) is 10.2 Å². The van der Waals surface area contributed by atoms with Gasteiger partial charge in [-0.2, -0.15) is 0 Å². The smallest absolute Gasteiger partial charge is 0.244 e. The summed E-state index contributed by atoms with van der Waals surface area (Å²) in [5.41, 5.74) is 1.52. The van der Waals surface area contributed by atoms with Crippen molar-refractivity contribution < 1.29 is 22.7 Å². The van der Waals surface area contributed by atoms with Crippen LogP contribution in [0.15, 0.2) is 48.5 Å². The Bertz CT molecular complexity index is 1130. The molecule has 0 aliphatic carbocycles. The number of methoxy groups -OCH3 is 1. The molecule has 0 bridgehead atoms. The molecule has 0 aliphatic rings. The van der Waals surface area contributed by atoms with Gasteiger partial charge in [0, 0.05) is 12.1 Å². The molecule has 34 heavy (non-hydrogen) atoms. The van der Waals surface area contributed by atoms with Gasteiger partial charge >= 0.3 is 0 Å². The van der Waals surface area contributed by atoms with E-state index in [0.29, 0.717) is 11.4 Å². The SMILES string of the molecule is COc1cccc(CN(C(=O)CN(c2cccc(C)c2)S(C)(=O)=O)C(C)C(=O)NC(C)(C)C)c1. The van der Waals surface area contributed by atoms with Gasteiger partial charge in [0.1, 0.15) is 18.3 Å². The highest BCUT2D eigenvalue weighted by atomic mass is 32.2. The van der Waals surface area contributed by atoms with Crippen LogP contribution in [-0.4, -0.2) is 56.6 Å². The molecule has 0 aliphatic heterocycles. The van der Waals surface area contributed by atoms with Crippen molar-refractivity contribution in [3.63, 3.8) is 0 Å². The summed E-state index contributed by atoms with van der Waals surface area (Å²) in [5.74, 6) is -0.203. The summed E-state index contributed by atoms with van der Waals surface area (Å²) >= 11 is 0. The van der Waals surface area contributed by atoms with E-state index in [-0.39, 0.29) is 12.5 Å². The summed E-state index contributed by atoms with van der Waals surface area (Å²) < 4.78 is 31.5. The first-order chi connectivity index (χ1) is 15.7. The summed E-state index contributed by atoms with van der Waals surface area (Å²) in [6.45, 7) is 8.73. The first-order valence-electron chi connectivity index (χ1n) is 11.0. The third-order valence-corrected chi connectivity index (χ3v) is 6.26. The Kier molecular flexibility index (Phi) is 8.72. The van der Waals surface area contributed by atoms with Gasteiger partial charge in [0.05, 0.1) is 19.1 Å². The van der Waals surface area contributed by atoms with E-state index in [4.69, 9.17) is 4.74 Å². The first kappa shape index (κ1) is 27.2. The summed E-state index contributed by atoms with van der Waals surface area (Å²) in [6, 6.07) is 13.3. The molecule has 2 amide bonds. The molecule has 2 aromatic carbocycles. The zero-order chi connectivity index (χ0) is 25.7. The molecule has 1 N–H and O–H groups in total. The van der Waals surface area contributed by atoms with Crippen molar-refractivity contribution in [2.24, 2.45) is 0 Å². The molecule has 0 heterocycles. The van der Waals surface area contributed by atoms with E-state index in [1.165, 1.54) is 4.90 Å². The summed E-state index contributed by atoms with van der Waals surface area (Å²) in [5, 5.41) is 2.90. The minimum atomic E-state index is -3.76. The maximum atomic E-state index is 13.5. The molecule has 1 atom stereocenters. The number of sulfonamides is 1. The molecule has 1 unspecified atom stereocenters. The quantitative estimate of drug-likeness (QED) is 0.584. The standard InChI is InChI=1S/C25H35N3O5S/c1-18-10-8-12-21(14-18)28(34(7,31)32)17-23(29)27(19(2)24(30)26-25(3,4)5)16-20-11-9-13-22(15-20)33-6/h8-15,19H,16-17H2,1-7H3,(H,26,30). The Morgan fingerprint density at radius 3 is 2.29 bits per heavy atom. The van der Waals surface area contributed by atoms with E-state index in [0.717, 1.165) is 21.7 Å². The van der Waals surface area contributed by atoms with Gasteiger partial charge in [-0.1, -0.05) is 24.3 Å². The molecule has 0 spiro atoms. The van der Waals surface area contributed by atoms with Crippen LogP contribution in [0.2, 0.25) is 0 Å². The fourth-order valence-electron chi connectivity index (χ4n) is 3.42. The number of hydrogen-bond donors (Lipinski definition) is 1. The average molecular weight is 490 g/mol. The molecule has 0 fully saturated rings. The Hall–Kier alpha value is -3.07. The molecule has 8 nitrogen and oxygen atoms in total. The fourth-order valence-corrected chi connectivity index (χ4v) is 4.26. The van der Waals surface area contributed by atoms with Gasteiger partial charge in [-0.15, -0.1) is 0 Å². The zero-order valence-electron chi connectivity index (χ0n) is 21.0. The lowest BCUT2D eigenvalue weighted by Crippen LogP contribution is -2.54. The van der Waals surface area contributed by atoms with Gasteiger partial charge in [0.2, 0.25) is 21.8 Å². The van der Waals surface area contributed by atoms with Crippen molar-refractivity contribution in [2.75, 3.05) is 24.2 Å². The van der Waals surface area contributed by atoms with Crippen LogP contribution in [-0.2, 0) is 26.2 Å². The Labute approximate surface area is 202 Å². The van der Waals surface area contributed by atoms with Crippen LogP contribution < -0.4 is 14.4 Å². The van der Waals surface area contributed by atoms with Crippen molar-refractivity contribution in [2.45, 2.75) is 52.7 Å². The van der Waals surface area contributed by atoms with Crippen LogP contribution in [0.1, 0.15) is 38.8 Å². The topological polar surface area (TPSA) is 96.0 Å². The molecule has 0 aromatic heterocycles. The lowest BCUT2D eigenvalue weighted by molar-refractivity contribution is -0.140. The lowest BCUT2D eigenvalue weighted by atomic mass is 10.1. The summed E-state index contributed by atoms with van der Waals surface area (Å²) in [7, 11) is -2.21. The lowest BCUT2D eigenvalue weighted by Gasteiger charge is -2.33. The van der Waals surface area contributed by atoms with E-state index < -0.39 is 34.1 Å². The number of benzene rings is 2. The Morgan fingerprint density at radius 2 is 1.74 bits per heavy atom. The molecule has 0 radical (unpaired) electrons. The first-order valence-corrected chi connectivity index (χ1v) is 12.8. The third kappa shape index (κ3) is 7.76. The molecule has 0 saturated heterocycles. The molecule has 9 heteroatoms. The molecule has 2 rings (SSSR count). The molecular formula is C25H35N3O5S. The van der Waals surface area contributed by atoms with Gasteiger partial charge < -0.3 is 15.0 Å². The third-order valence-electron chi connectivity index (χ3n) is 5.12. The molecular weight excluding hydrogens is 454 g/mol. The number of carbonyl (C=O) groups excluding carboxylic acids is 2. The second-order valence-electron chi connectivity index (χ2n) is 9.40. The second-order valence-corrected chi connectivity index (χ2v) is 11.3. The zero-order valence-corrected chi connectivity index (χ0v) is 21.8. The molecule has 2 aromatic rings. The number of carbonyl (C=O) groups is 2. The van der Waals surface area contributed by atoms with E-state index in [1.54, 1.807) is 50.4 Å². The van der Waals surface area contributed by atoms with Gasteiger partial charge in [-0.25, -0.2) is 8.42 Å². The summed E-state index contributed by atoms with van der Waals surface area (Å²) in [4.78, 5) is 27.9. The van der Waals surface area contributed by atoms with Gasteiger partial charge in [-0.3, -0.25) is 13.9 Å². The molecule has 0 saturated carbocycles. The van der Waals surface area contributed by atoms with E-state index in [2.05, 4.69) is 5.32 Å². The predicted molar refractivity (Wildman–Crippen MR) is 134 cm³/mol. The minimum absolute atomic E-state index is 0.111. The number of aryl methyl sites for hydroxylation is 1. The largest absolute Gasteiger partial charge is 0.497 e. The number of amides is 2. The Morgan fingerprint density at radius 1 is 1.09 bits per heavy atom. The van der Waals surface area contributed by atoms with Gasteiger partial charge in [0.15, 0.2) is 0 Å². The van der Waals surface area contributed by atoms with E-state index >= 15 is 0 Å². The second kappa shape index (κ2) is 10.9. The number of nitrogens with one attached hydrogen (secondary N) is 1. The van der Waals surface area contributed by atoms with Crippen molar-refractivity contribution in [3.05, 3.63) is 59.7 Å². The Balaban J connectivity index is 2.42. The van der Waals surface area contributed by atoms with Crippen LogP contribution in [0.5, 0.6) is 5.75 Å². The average Bonchev–Trinajstić information content (AvgIpc) is 2.73. The summed E-state index contributed by atoms with van der Waals surface area (Å²) in [6.07, 6.45) is 1.06. The van der Waals surface area contributed by atoms with Crippen molar-refractivity contribution >= 4 is 27.5 Å².